The lowest BCUT2D eigenvalue weighted by Crippen LogP contribution is -2.32. The van der Waals surface area contributed by atoms with E-state index in [1.807, 2.05) is 0 Å². The number of nitrogens with one attached hydrogen (secondary N) is 2. The van der Waals surface area contributed by atoms with Gasteiger partial charge in [0, 0.05) is 13.5 Å². The lowest BCUT2D eigenvalue weighted by atomic mass is 10.1. The fraction of sp³-hybridized carbons (Fsp3) is 0.231. The third-order valence-electron chi connectivity index (χ3n) is 3.30. The number of aromatic amines is 2. The van der Waals surface area contributed by atoms with Gasteiger partial charge < -0.3 is 14.5 Å². The van der Waals surface area contributed by atoms with Crippen molar-refractivity contribution in [3.8, 4) is 0 Å². The number of H-pyrrole nitrogens is 2. The van der Waals surface area contributed by atoms with Gasteiger partial charge in [0.1, 0.15) is 23.2 Å². The molecule has 9 heteroatoms. The maximum atomic E-state index is 12.0. The van der Waals surface area contributed by atoms with Gasteiger partial charge in [0.25, 0.3) is 11.1 Å². The molecule has 3 rings (SSSR count). The van der Waals surface area contributed by atoms with Gasteiger partial charge in [0.05, 0.1) is 6.26 Å². The zero-order valence-electron chi connectivity index (χ0n) is 11.5. The van der Waals surface area contributed by atoms with Gasteiger partial charge in [0.15, 0.2) is 5.52 Å². The molecule has 0 saturated heterocycles. The minimum atomic E-state index is -1.06. The Morgan fingerprint density at radius 1 is 1.32 bits per heavy atom. The SMILES string of the molecule is Cn1c(=O)[nH]c(=O)c2nc(CC(O)c3ccco3)c(=O)[nH]c21. The van der Waals surface area contributed by atoms with E-state index >= 15 is 0 Å². The molecule has 0 bridgehead atoms. The van der Waals surface area contributed by atoms with Gasteiger partial charge in [-0.3, -0.25) is 19.1 Å². The van der Waals surface area contributed by atoms with Crippen molar-refractivity contribution in [1.82, 2.24) is 19.5 Å². The molecule has 0 aromatic carbocycles. The molecule has 0 spiro atoms. The maximum Gasteiger partial charge on any atom is 0.329 e. The Balaban J connectivity index is 2.12. The molecular weight excluding hydrogens is 292 g/mol. The van der Waals surface area contributed by atoms with Crippen molar-refractivity contribution in [1.29, 1.82) is 0 Å². The van der Waals surface area contributed by atoms with E-state index in [2.05, 4.69) is 15.0 Å². The van der Waals surface area contributed by atoms with Gasteiger partial charge in [-0.05, 0) is 12.1 Å². The number of fused-ring (bicyclic) bond motifs is 1. The number of aromatic nitrogens is 4. The van der Waals surface area contributed by atoms with Crippen LogP contribution in [0.3, 0.4) is 0 Å². The Morgan fingerprint density at radius 2 is 2.09 bits per heavy atom. The van der Waals surface area contributed by atoms with Crippen molar-refractivity contribution in [2.75, 3.05) is 0 Å². The van der Waals surface area contributed by atoms with Crippen molar-refractivity contribution in [3.05, 3.63) is 61.0 Å². The van der Waals surface area contributed by atoms with Crippen molar-refractivity contribution < 1.29 is 9.52 Å². The molecule has 0 saturated carbocycles. The Morgan fingerprint density at radius 3 is 2.77 bits per heavy atom. The van der Waals surface area contributed by atoms with Gasteiger partial charge in [0.2, 0.25) is 0 Å². The van der Waals surface area contributed by atoms with Gasteiger partial charge >= 0.3 is 5.69 Å². The minimum Gasteiger partial charge on any atom is -0.467 e. The highest BCUT2D eigenvalue weighted by atomic mass is 16.4. The first-order chi connectivity index (χ1) is 10.5. The second-order valence-electron chi connectivity index (χ2n) is 4.76. The Labute approximate surface area is 121 Å². The molecule has 0 fully saturated rings. The lowest BCUT2D eigenvalue weighted by molar-refractivity contribution is 0.149. The van der Waals surface area contributed by atoms with Crippen LogP contribution < -0.4 is 16.8 Å². The smallest absolute Gasteiger partial charge is 0.329 e. The van der Waals surface area contributed by atoms with E-state index in [1.165, 1.54) is 13.3 Å². The molecule has 0 aliphatic carbocycles. The lowest BCUT2D eigenvalue weighted by Gasteiger charge is -2.08. The van der Waals surface area contributed by atoms with E-state index in [1.54, 1.807) is 12.1 Å². The van der Waals surface area contributed by atoms with E-state index in [4.69, 9.17) is 4.42 Å². The highest BCUT2D eigenvalue weighted by Gasteiger charge is 2.17. The van der Waals surface area contributed by atoms with E-state index in [-0.39, 0.29) is 29.0 Å². The second-order valence-corrected chi connectivity index (χ2v) is 4.76. The summed E-state index contributed by atoms with van der Waals surface area (Å²) in [5.74, 6) is 0.288. The summed E-state index contributed by atoms with van der Waals surface area (Å²) >= 11 is 0. The summed E-state index contributed by atoms with van der Waals surface area (Å²) in [6.07, 6.45) is 0.214. The number of aliphatic hydroxyl groups is 1. The maximum absolute atomic E-state index is 12.0. The first kappa shape index (κ1) is 14.0. The summed E-state index contributed by atoms with van der Waals surface area (Å²) in [6, 6.07) is 3.17. The van der Waals surface area contributed by atoms with E-state index in [9.17, 15) is 19.5 Å². The van der Waals surface area contributed by atoms with Crippen molar-refractivity contribution in [2.24, 2.45) is 7.05 Å². The van der Waals surface area contributed by atoms with Crippen LogP contribution in [0.15, 0.2) is 37.2 Å². The Kier molecular flexibility index (Phi) is 3.26. The van der Waals surface area contributed by atoms with E-state index < -0.39 is 22.9 Å². The quantitative estimate of drug-likeness (QED) is 0.578. The van der Waals surface area contributed by atoms with Crippen molar-refractivity contribution in [3.63, 3.8) is 0 Å². The van der Waals surface area contributed by atoms with Crippen molar-refractivity contribution >= 4 is 11.2 Å². The number of furan rings is 1. The van der Waals surface area contributed by atoms with Crippen LogP contribution in [-0.4, -0.2) is 24.6 Å². The minimum absolute atomic E-state index is 0.0231. The predicted molar refractivity (Wildman–Crippen MR) is 75.6 cm³/mol. The summed E-state index contributed by atoms with van der Waals surface area (Å²) in [4.78, 5) is 43.8. The molecule has 0 aliphatic heterocycles. The number of nitrogens with zero attached hydrogens (tertiary/aromatic N) is 2. The van der Waals surface area contributed by atoms with Crippen LogP contribution in [0.2, 0.25) is 0 Å². The van der Waals surface area contributed by atoms with Crippen LogP contribution in [0.4, 0.5) is 0 Å². The molecular formula is C13H12N4O5. The normalized spacial score (nSPS) is 12.6. The van der Waals surface area contributed by atoms with Crippen LogP contribution in [0.1, 0.15) is 17.6 Å². The predicted octanol–water partition coefficient (Wildman–Crippen LogP) is -0.821. The number of aliphatic hydroxyl groups excluding tert-OH is 1. The fourth-order valence-corrected chi connectivity index (χ4v) is 2.12. The van der Waals surface area contributed by atoms with E-state index in [0.29, 0.717) is 0 Å². The van der Waals surface area contributed by atoms with Crippen LogP contribution in [0.25, 0.3) is 11.2 Å². The molecule has 0 aliphatic rings. The molecule has 3 aromatic rings. The van der Waals surface area contributed by atoms with Crippen LogP contribution in [0, 0.1) is 0 Å². The standard InChI is InChI=1S/C13H12N4O5/c1-17-10-9(12(20)16-13(17)21)14-6(11(19)15-10)5-7(18)8-3-2-4-22-8/h2-4,7,18H,5H2,1H3,(H,15,19)(H,16,20,21). The molecule has 0 amide bonds. The molecule has 22 heavy (non-hydrogen) atoms. The topological polar surface area (TPSA) is 134 Å². The molecule has 114 valence electrons. The average molecular weight is 304 g/mol. The van der Waals surface area contributed by atoms with Gasteiger partial charge in [-0.2, -0.15) is 0 Å². The van der Waals surface area contributed by atoms with Crippen LogP contribution in [0.5, 0.6) is 0 Å². The Bertz CT molecular complexity index is 996. The molecule has 0 radical (unpaired) electrons. The molecule has 9 nitrogen and oxygen atoms in total. The second kappa shape index (κ2) is 5.11. The van der Waals surface area contributed by atoms with Crippen LogP contribution >= 0.6 is 0 Å². The zero-order chi connectivity index (χ0) is 15.9. The molecule has 1 unspecified atom stereocenters. The summed E-state index contributed by atoms with van der Waals surface area (Å²) in [6.45, 7) is 0. The summed E-state index contributed by atoms with van der Waals surface area (Å²) in [7, 11) is 1.40. The number of hydrogen-bond acceptors (Lipinski definition) is 6. The zero-order valence-corrected chi connectivity index (χ0v) is 11.5. The largest absolute Gasteiger partial charge is 0.467 e. The third-order valence-corrected chi connectivity index (χ3v) is 3.30. The van der Waals surface area contributed by atoms with Gasteiger partial charge in [-0.15, -0.1) is 0 Å². The molecule has 3 aromatic heterocycles. The van der Waals surface area contributed by atoms with E-state index in [0.717, 1.165) is 4.57 Å². The molecule has 3 heterocycles. The van der Waals surface area contributed by atoms with Crippen molar-refractivity contribution in [2.45, 2.75) is 12.5 Å². The molecule has 1 atom stereocenters. The van der Waals surface area contributed by atoms with Gasteiger partial charge in [-0.1, -0.05) is 0 Å². The summed E-state index contributed by atoms with van der Waals surface area (Å²) in [5.41, 5.74) is -2.03. The first-order valence-corrected chi connectivity index (χ1v) is 6.41. The Hall–Kier alpha value is -2.94. The summed E-state index contributed by atoms with van der Waals surface area (Å²) in [5, 5.41) is 10.00. The highest BCUT2D eigenvalue weighted by Crippen LogP contribution is 2.16. The first-order valence-electron chi connectivity index (χ1n) is 6.41. The number of rotatable bonds is 3. The number of aryl methyl sites for hydroxylation is 1. The third kappa shape index (κ3) is 2.27. The fourth-order valence-electron chi connectivity index (χ4n) is 2.12. The summed E-state index contributed by atoms with van der Waals surface area (Å²) < 4.78 is 6.13. The average Bonchev–Trinajstić information content (AvgIpc) is 3.00. The number of hydrogen-bond donors (Lipinski definition) is 3. The van der Waals surface area contributed by atoms with Crippen LogP contribution in [-0.2, 0) is 13.5 Å². The molecule has 3 N–H and O–H groups in total. The monoisotopic (exact) mass is 304 g/mol. The highest BCUT2D eigenvalue weighted by molar-refractivity contribution is 5.68. The van der Waals surface area contributed by atoms with Gasteiger partial charge in [-0.25, -0.2) is 9.78 Å².